The molecule has 2 aromatic carbocycles. The Kier molecular flexibility index (Phi) is 11.6. The number of hydrogen-bond acceptors (Lipinski definition) is 0. The van der Waals surface area contributed by atoms with Gasteiger partial charge in [0.05, 0.1) is 0 Å². The van der Waals surface area contributed by atoms with E-state index >= 15 is 0 Å². The van der Waals surface area contributed by atoms with Crippen LogP contribution in [0.25, 0.3) is 11.1 Å². The standard InChI is InChI=1S/C36H42N2.2BrH/c1-3-11-31(12-4-1)33-17-21-37(22-18-33)27-29-9-7-15-35(25-29)36-16-8-10-30(26-36)28-38-23-19-34(20-24-38)32-13-5-2-6-14-32;;/h7-10,15-26,31-32H,1-6,11-14,27-28H2;2*1H/q+2;;/p-2. The molecule has 40 heavy (non-hydrogen) atoms. The maximum absolute atomic E-state index is 2.35. The summed E-state index contributed by atoms with van der Waals surface area (Å²) < 4.78 is 4.63. The van der Waals surface area contributed by atoms with E-state index in [1.54, 1.807) is 0 Å². The first-order valence-corrected chi connectivity index (χ1v) is 15.0. The van der Waals surface area contributed by atoms with Gasteiger partial charge in [0, 0.05) is 35.4 Å². The Bertz CT molecular complexity index is 1220. The zero-order chi connectivity index (χ0) is 25.6. The van der Waals surface area contributed by atoms with Crippen LogP contribution in [0, 0.1) is 0 Å². The summed E-state index contributed by atoms with van der Waals surface area (Å²) in [4.78, 5) is 0. The Morgan fingerprint density at radius 2 is 0.850 bits per heavy atom. The molecule has 2 aliphatic rings. The number of aromatic nitrogens is 2. The number of rotatable bonds is 7. The predicted octanol–water partition coefficient (Wildman–Crippen LogP) is 2.13. The molecule has 0 bridgehead atoms. The molecule has 4 heteroatoms. The van der Waals surface area contributed by atoms with Gasteiger partial charge in [0.1, 0.15) is 0 Å². The second kappa shape index (κ2) is 15.1. The Morgan fingerprint density at radius 1 is 0.475 bits per heavy atom. The van der Waals surface area contributed by atoms with Crippen molar-refractivity contribution in [3.8, 4) is 11.1 Å². The van der Waals surface area contributed by atoms with Crippen molar-refractivity contribution in [1.82, 2.24) is 0 Å². The minimum Gasteiger partial charge on any atom is -1.00 e. The summed E-state index contributed by atoms with van der Waals surface area (Å²) in [6.45, 7) is 1.81. The molecular formula is C36H42Br2N2. The van der Waals surface area contributed by atoms with Gasteiger partial charge < -0.3 is 34.0 Å². The molecule has 0 amide bonds. The van der Waals surface area contributed by atoms with Gasteiger partial charge >= 0.3 is 0 Å². The average Bonchev–Trinajstić information content (AvgIpc) is 2.99. The summed E-state index contributed by atoms with van der Waals surface area (Å²) in [5.74, 6) is 1.53. The molecule has 0 N–H and O–H groups in total. The SMILES string of the molecule is [Br-].[Br-].c1cc(C[n+]2ccc(C3CCCCC3)cc2)cc(-c2cccc(C[n+]3ccc(C4CCCCC4)cc3)c2)c1. The topological polar surface area (TPSA) is 7.76 Å². The normalized spacial score (nSPS) is 16.1. The summed E-state index contributed by atoms with van der Waals surface area (Å²) in [6.07, 6.45) is 22.9. The third kappa shape index (κ3) is 7.91. The Balaban J connectivity index is 0.00000185. The van der Waals surface area contributed by atoms with Gasteiger partial charge in [-0.1, -0.05) is 74.9 Å². The molecule has 0 radical (unpaired) electrons. The third-order valence-electron chi connectivity index (χ3n) is 8.90. The number of nitrogens with zero attached hydrogens (tertiary/aromatic N) is 2. The molecule has 0 aliphatic heterocycles. The number of hydrogen-bond donors (Lipinski definition) is 0. The van der Waals surface area contributed by atoms with Crippen LogP contribution >= 0.6 is 0 Å². The first-order valence-electron chi connectivity index (χ1n) is 15.0. The lowest BCUT2D eigenvalue weighted by atomic mass is 9.84. The fourth-order valence-corrected chi connectivity index (χ4v) is 6.68. The lowest BCUT2D eigenvalue weighted by Gasteiger charge is -2.21. The van der Waals surface area contributed by atoms with Gasteiger partial charge in [-0.2, -0.15) is 0 Å². The number of halogens is 2. The molecule has 2 aromatic heterocycles. The van der Waals surface area contributed by atoms with Crippen LogP contribution in [0.5, 0.6) is 0 Å². The van der Waals surface area contributed by atoms with E-state index in [4.69, 9.17) is 0 Å². The smallest absolute Gasteiger partial charge is 0.173 e. The maximum Gasteiger partial charge on any atom is 0.173 e. The van der Waals surface area contributed by atoms with Gasteiger partial charge in [-0.3, -0.25) is 0 Å². The van der Waals surface area contributed by atoms with Crippen molar-refractivity contribution in [2.45, 2.75) is 89.1 Å². The minimum atomic E-state index is 0. The fourth-order valence-electron chi connectivity index (χ4n) is 6.68. The van der Waals surface area contributed by atoms with Gasteiger partial charge in [-0.15, -0.1) is 0 Å². The van der Waals surface area contributed by atoms with Crippen molar-refractivity contribution in [3.63, 3.8) is 0 Å². The zero-order valence-corrected chi connectivity index (χ0v) is 26.7. The average molecular weight is 663 g/mol. The van der Waals surface area contributed by atoms with Crippen molar-refractivity contribution >= 4 is 0 Å². The van der Waals surface area contributed by atoms with E-state index in [1.807, 2.05) is 0 Å². The van der Waals surface area contributed by atoms with Crippen LogP contribution in [0.15, 0.2) is 97.6 Å². The lowest BCUT2D eigenvalue weighted by molar-refractivity contribution is -0.688. The molecule has 2 nitrogen and oxygen atoms in total. The monoisotopic (exact) mass is 660 g/mol. The van der Waals surface area contributed by atoms with E-state index in [9.17, 15) is 0 Å². The van der Waals surface area contributed by atoms with Crippen LogP contribution in [0.3, 0.4) is 0 Å². The van der Waals surface area contributed by atoms with E-state index in [1.165, 1.54) is 97.6 Å². The number of pyridine rings is 2. The molecule has 6 rings (SSSR count). The third-order valence-corrected chi connectivity index (χ3v) is 8.90. The van der Waals surface area contributed by atoms with Gasteiger partial charge in [-0.05, 0) is 71.9 Å². The fraction of sp³-hybridized carbons (Fsp3) is 0.389. The second-order valence-electron chi connectivity index (χ2n) is 11.7. The van der Waals surface area contributed by atoms with Crippen LogP contribution < -0.4 is 43.1 Å². The van der Waals surface area contributed by atoms with E-state index in [0.29, 0.717) is 0 Å². The van der Waals surface area contributed by atoms with E-state index in [2.05, 4.69) is 107 Å². The van der Waals surface area contributed by atoms with Crippen molar-refractivity contribution in [2.24, 2.45) is 0 Å². The first-order chi connectivity index (χ1) is 18.8. The zero-order valence-electron chi connectivity index (χ0n) is 23.5. The van der Waals surface area contributed by atoms with Crippen molar-refractivity contribution in [1.29, 1.82) is 0 Å². The largest absolute Gasteiger partial charge is 1.00 e. The summed E-state index contributed by atoms with van der Waals surface area (Å²) in [5.41, 5.74) is 8.32. The van der Waals surface area contributed by atoms with Gasteiger partial charge in [0.25, 0.3) is 0 Å². The van der Waals surface area contributed by atoms with Crippen LogP contribution in [0.2, 0.25) is 0 Å². The van der Waals surface area contributed by atoms with Crippen LogP contribution in [0.1, 0.15) is 98.3 Å². The van der Waals surface area contributed by atoms with E-state index in [-0.39, 0.29) is 34.0 Å². The highest BCUT2D eigenvalue weighted by molar-refractivity contribution is 5.64. The molecule has 2 heterocycles. The van der Waals surface area contributed by atoms with E-state index < -0.39 is 0 Å². The van der Waals surface area contributed by atoms with Crippen molar-refractivity contribution in [3.05, 3.63) is 120 Å². The Morgan fingerprint density at radius 3 is 1.23 bits per heavy atom. The molecule has 0 unspecified atom stereocenters. The Hall–Kier alpha value is -2.30. The lowest BCUT2D eigenvalue weighted by Crippen LogP contribution is -3.00. The molecule has 2 fully saturated rings. The summed E-state index contributed by atoms with van der Waals surface area (Å²) in [7, 11) is 0. The van der Waals surface area contributed by atoms with Crippen molar-refractivity contribution < 1.29 is 43.1 Å². The second-order valence-corrected chi connectivity index (χ2v) is 11.7. The first kappa shape index (κ1) is 30.7. The predicted molar refractivity (Wildman–Crippen MR) is 155 cm³/mol. The molecule has 0 saturated heterocycles. The number of benzene rings is 2. The van der Waals surface area contributed by atoms with Gasteiger partial charge in [-0.25, -0.2) is 9.13 Å². The van der Waals surface area contributed by atoms with Crippen molar-refractivity contribution in [2.75, 3.05) is 0 Å². The summed E-state index contributed by atoms with van der Waals surface area (Å²) in [5, 5.41) is 0. The summed E-state index contributed by atoms with van der Waals surface area (Å²) in [6, 6.07) is 27.5. The summed E-state index contributed by atoms with van der Waals surface area (Å²) >= 11 is 0. The van der Waals surface area contributed by atoms with Gasteiger partial charge in [0.15, 0.2) is 37.9 Å². The van der Waals surface area contributed by atoms with Crippen LogP contribution in [0.4, 0.5) is 0 Å². The van der Waals surface area contributed by atoms with Crippen LogP contribution in [-0.2, 0) is 13.1 Å². The molecule has 0 atom stereocenters. The molecule has 2 aliphatic carbocycles. The van der Waals surface area contributed by atoms with E-state index in [0.717, 1.165) is 24.9 Å². The highest BCUT2D eigenvalue weighted by Crippen LogP contribution is 2.33. The molecule has 4 aromatic rings. The molecule has 210 valence electrons. The molecule has 2 saturated carbocycles. The quantitative estimate of drug-likeness (QED) is 0.268. The highest BCUT2D eigenvalue weighted by atomic mass is 79.9. The molecular weight excluding hydrogens is 620 g/mol. The minimum absolute atomic E-state index is 0. The maximum atomic E-state index is 2.35. The van der Waals surface area contributed by atoms with Crippen LogP contribution in [-0.4, -0.2) is 0 Å². The Labute approximate surface area is 262 Å². The molecule has 0 spiro atoms. The highest BCUT2D eigenvalue weighted by Gasteiger charge is 2.18. The van der Waals surface area contributed by atoms with Gasteiger partial charge in [0.2, 0.25) is 0 Å².